The lowest BCUT2D eigenvalue weighted by Gasteiger charge is -2.10. The van der Waals surface area contributed by atoms with E-state index in [1.807, 2.05) is 0 Å². The van der Waals surface area contributed by atoms with Gasteiger partial charge in [0.25, 0.3) is 23.1 Å². The quantitative estimate of drug-likeness (QED) is 0.243. The van der Waals surface area contributed by atoms with Crippen molar-refractivity contribution >= 4 is 56.4 Å². The van der Waals surface area contributed by atoms with E-state index in [2.05, 4.69) is 30.6 Å². The number of carbonyl (C=O) groups is 2. The Balaban J connectivity index is 1.75. The minimum absolute atomic E-state index is 0.0860. The predicted octanol–water partition coefficient (Wildman–Crippen LogP) is 1.22. The van der Waals surface area contributed by atoms with Crippen molar-refractivity contribution in [1.29, 1.82) is 0 Å². The summed E-state index contributed by atoms with van der Waals surface area (Å²) in [5.41, 5.74) is 0.729. The molecule has 0 aliphatic heterocycles. The van der Waals surface area contributed by atoms with E-state index in [9.17, 15) is 22.2 Å². The highest BCUT2D eigenvalue weighted by Gasteiger charge is 2.14. The van der Waals surface area contributed by atoms with Gasteiger partial charge in [-0.1, -0.05) is 0 Å². The Morgan fingerprint density at radius 1 is 0.912 bits per heavy atom. The third-order valence-electron chi connectivity index (χ3n) is 4.25. The number of anilines is 4. The van der Waals surface area contributed by atoms with E-state index in [0.29, 0.717) is 11.5 Å². The van der Waals surface area contributed by atoms with Crippen molar-refractivity contribution in [2.24, 2.45) is 5.14 Å². The highest BCUT2D eigenvalue weighted by molar-refractivity contribution is 7.89. The maximum atomic E-state index is 12.5. The number of carbonyl (C=O) groups excluding carboxylic acids is 2. The number of benzene rings is 2. The molecule has 3 aromatic rings. The van der Waals surface area contributed by atoms with Gasteiger partial charge in [0.05, 0.1) is 4.90 Å². The molecule has 7 N–H and O–H groups in total. The van der Waals surface area contributed by atoms with E-state index in [1.54, 1.807) is 7.05 Å². The van der Waals surface area contributed by atoms with E-state index in [1.165, 1.54) is 54.6 Å². The number of hydrogen-bond donors (Lipinski definition) is 6. The summed E-state index contributed by atoms with van der Waals surface area (Å²) in [6.45, 7) is 0. The van der Waals surface area contributed by atoms with Gasteiger partial charge < -0.3 is 10.6 Å². The van der Waals surface area contributed by atoms with Crippen LogP contribution in [-0.4, -0.2) is 46.0 Å². The molecule has 34 heavy (non-hydrogen) atoms. The van der Waals surface area contributed by atoms with Gasteiger partial charge in [-0.3, -0.25) is 24.2 Å². The molecule has 0 fully saturated rings. The molecule has 178 valence electrons. The van der Waals surface area contributed by atoms with Crippen LogP contribution in [0.2, 0.25) is 0 Å². The second kappa shape index (κ2) is 10.3. The van der Waals surface area contributed by atoms with Crippen LogP contribution in [0.15, 0.2) is 59.5 Å². The standard InChI is InChI=1S/C19H19N7O6S2/c1-21-15-10-16(22-17(27)11-2-6-13(7-3-11)26-33(29)30)24-19(23-15)25-18(28)12-4-8-14(9-5-12)34(20,31)32/h2-10,26H,1H3,(H,29,30)(H2,20,31,32)(H3,21,22,23,24,25,27,28). The van der Waals surface area contributed by atoms with Gasteiger partial charge >= 0.3 is 0 Å². The summed E-state index contributed by atoms with van der Waals surface area (Å²) in [6.07, 6.45) is 0. The van der Waals surface area contributed by atoms with Crippen LogP contribution in [0, 0.1) is 0 Å². The molecule has 1 unspecified atom stereocenters. The fourth-order valence-corrected chi connectivity index (χ4v) is 3.50. The van der Waals surface area contributed by atoms with Gasteiger partial charge in [0.2, 0.25) is 16.0 Å². The van der Waals surface area contributed by atoms with E-state index in [0.717, 1.165) is 0 Å². The molecule has 2 amide bonds. The van der Waals surface area contributed by atoms with E-state index in [4.69, 9.17) is 9.69 Å². The summed E-state index contributed by atoms with van der Waals surface area (Å²) in [5, 5.41) is 12.9. The number of nitrogens with one attached hydrogen (secondary N) is 4. The summed E-state index contributed by atoms with van der Waals surface area (Å²) >= 11 is -2.24. The maximum absolute atomic E-state index is 12.5. The monoisotopic (exact) mass is 505 g/mol. The predicted molar refractivity (Wildman–Crippen MR) is 126 cm³/mol. The van der Waals surface area contributed by atoms with E-state index in [-0.39, 0.29) is 27.8 Å². The van der Waals surface area contributed by atoms with Gasteiger partial charge in [0, 0.05) is 29.9 Å². The summed E-state index contributed by atoms with van der Waals surface area (Å²) < 4.78 is 44.6. The molecule has 0 saturated carbocycles. The minimum atomic E-state index is -3.89. The van der Waals surface area contributed by atoms with Gasteiger partial charge in [0.1, 0.15) is 11.6 Å². The van der Waals surface area contributed by atoms with E-state index >= 15 is 0 Å². The zero-order valence-corrected chi connectivity index (χ0v) is 19.1. The number of aromatic nitrogens is 2. The Kier molecular flexibility index (Phi) is 7.52. The fourth-order valence-electron chi connectivity index (χ4n) is 2.64. The van der Waals surface area contributed by atoms with Crippen molar-refractivity contribution in [3.05, 3.63) is 65.7 Å². The molecule has 1 heterocycles. The van der Waals surface area contributed by atoms with Crippen LogP contribution >= 0.6 is 0 Å². The molecular formula is C19H19N7O6S2. The topological polar surface area (TPSA) is 206 Å². The van der Waals surface area contributed by atoms with Crippen LogP contribution in [0.5, 0.6) is 0 Å². The summed E-state index contributed by atoms with van der Waals surface area (Å²) in [7, 11) is -2.31. The Hall–Kier alpha value is -3.92. The van der Waals surface area contributed by atoms with E-state index < -0.39 is 33.1 Å². The number of rotatable bonds is 8. The Bertz CT molecular complexity index is 1350. The first-order valence-corrected chi connectivity index (χ1v) is 12.0. The summed E-state index contributed by atoms with van der Waals surface area (Å²) in [5.74, 6) is -0.866. The molecule has 1 aromatic heterocycles. The lowest BCUT2D eigenvalue weighted by molar-refractivity contribution is 0.101. The Morgan fingerprint density at radius 3 is 1.97 bits per heavy atom. The molecule has 15 heteroatoms. The van der Waals surface area contributed by atoms with Crippen molar-refractivity contribution in [3.8, 4) is 0 Å². The molecule has 0 saturated heterocycles. The highest BCUT2D eigenvalue weighted by atomic mass is 32.2. The number of nitrogens with two attached hydrogens (primary N) is 1. The average Bonchev–Trinajstić information content (AvgIpc) is 2.78. The first-order valence-electron chi connectivity index (χ1n) is 9.35. The number of nitrogens with zero attached hydrogens (tertiary/aromatic N) is 2. The molecule has 2 aromatic carbocycles. The van der Waals surface area contributed by atoms with Crippen molar-refractivity contribution in [2.45, 2.75) is 4.90 Å². The van der Waals surface area contributed by atoms with Gasteiger partial charge in [-0.15, -0.1) is 0 Å². The van der Waals surface area contributed by atoms with Crippen LogP contribution in [0.3, 0.4) is 0 Å². The molecule has 0 aliphatic carbocycles. The normalized spacial score (nSPS) is 11.9. The lowest BCUT2D eigenvalue weighted by atomic mass is 10.2. The first kappa shape index (κ1) is 24.7. The zero-order valence-electron chi connectivity index (χ0n) is 17.5. The van der Waals surface area contributed by atoms with Crippen molar-refractivity contribution in [3.63, 3.8) is 0 Å². The van der Waals surface area contributed by atoms with Gasteiger partial charge in [-0.05, 0) is 48.5 Å². The number of amides is 2. The Morgan fingerprint density at radius 2 is 1.44 bits per heavy atom. The molecule has 0 spiro atoms. The zero-order chi connectivity index (χ0) is 24.9. The van der Waals surface area contributed by atoms with Crippen molar-refractivity contribution in [1.82, 2.24) is 9.97 Å². The van der Waals surface area contributed by atoms with Crippen LogP contribution in [0.25, 0.3) is 0 Å². The third-order valence-corrected chi connectivity index (χ3v) is 5.59. The highest BCUT2D eigenvalue weighted by Crippen LogP contribution is 2.17. The lowest BCUT2D eigenvalue weighted by Crippen LogP contribution is -2.18. The molecule has 3 rings (SSSR count). The second-order valence-electron chi connectivity index (χ2n) is 6.62. The third kappa shape index (κ3) is 6.55. The number of hydrogen-bond acceptors (Lipinski definition) is 8. The average molecular weight is 506 g/mol. The molecule has 0 aliphatic rings. The fraction of sp³-hybridized carbons (Fsp3) is 0.0526. The molecule has 0 radical (unpaired) electrons. The smallest absolute Gasteiger partial charge is 0.259 e. The van der Waals surface area contributed by atoms with Gasteiger partial charge in [-0.2, -0.15) is 9.97 Å². The van der Waals surface area contributed by atoms with Crippen molar-refractivity contribution < 1.29 is 26.8 Å². The molecule has 13 nitrogen and oxygen atoms in total. The minimum Gasteiger partial charge on any atom is -0.373 e. The largest absolute Gasteiger partial charge is 0.373 e. The second-order valence-corrected chi connectivity index (χ2v) is 8.88. The van der Waals surface area contributed by atoms with Crippen LogP contribution < -0.4 is 25.8 Å². The van der Waals surface area contributed by atoms with Crippen LogP contribution in [0.4, 0.5) is 23.3 Å². The first-order chi connectivity index (χ1) is 16.0. The molecule has 0 bridgehead atoms. The SMILES string of the molecule is CNc1cc(NC(=O)c2ccc(NS(=O)O)cc2)nc(NC(=O)c2ccc(S(N)(=O)=O)cc2)n1. The summed E-state index contributed by atoms with van der Waals surface area (Å²) in [6, 6.07) is 12.2. The number of primary sulfonamides is 1. The van der Waals surface area contributed by atoms with Gasteiger partial charge in [-0.25, -0.2) is 17.8 Å². The van der Waals surface area contributed by atoms with Crippen LogP contribution in [0.1, 0.15) is 20.7 Å². The van der Waals surface area contributed by atoms with Gasteiger partial charge in [0.15, 0.2) is 0 Å². The molecular weight excluding hydrogens is 486 g/mol. The maximum Gasteiger partial charge on any atom is 0.259 e. The number of sulfonamides is 1. The Labute approximate surface area is 196 Å². The van der Waals surface area contributed by atoms with Crippen LogP contribution in [-0.2, 0) is 21.3 Å². The molecule has 1 atom stereocenters. The summed E-state index contributed by atoms with van der Waals surface area (Å²) in [4.78, 5) is 33.1. The van der Waals surface area contributed by atoms with Crippen molar-refractivity contribution in [2.75, 3.05) is 27.7 Å².